The zero-order valence-corrected chi connectivity index (χ0v) is 16.5. The van der Waals surface area contributed by atoms with Crippen molar-refractivity contribution in [1.82, 2.24) is 4.31 Å². The van der Waals surface area contributed by atoms with Crippen molar-refractivity contribution < 1.29 is 17.7 Å². The third-order valence-corrected chi connectivity index (χ3v) is 6.66. The van der Waals surface area contributed by atoms with E-state index < -0.39 is 28.7 Å². The Hall–Kier alpha value is -2.66. The normalized spacial score (nSPS) is 19.7. The lowest BCUT2D eigenvalue weighted by Gasteiger charge is -2.25. The molecule has 148 valence electrons. The van der Waals surface area contributed by atoms with Crippen LogP contribution in [0.25, 0.3) is 10.4 Å². The van der Waals surface area contributed by atoms with E-state index in [1.54, 1.807) is 19.2 Å². The highest BCUT2D eigenvalue weighted by Crippen LogP contribution is 2.37. The highest BCUT2D eigenvalue weighted by molar-refractivity contribution is 7.83. The minimum atomic E-state index is -1.37. The van der Waals surface area contributed by atoms with Gasteiger partial charge in [-0.05, 0) is 23.8 Å². The summed E-state index contributed by atoms with van der Waals surface area (Å²) in [5.74, 6) is -0.674. The molecule has 7 nitrogen and oxygen atoms in total. The first-order valence-corrected chi connectivity index (χ1v) is 10.1. The summed E-state index contributed by atoms with van der Waals surface area (Å²) in [4.78, 5) is 5.16. The first kappa shape index (κ1) is 20.1. The lowest BCUT2D eigenvalue weighted by atomic mass is 10.1. The lowest BCUT2D eigenvalue weighted by molar-refractivity contribution is 0.300. The van der Waals surface area contributed by atoms with Gasteiger partial charge in [-0.3, -0.25) is 4.31 Å². The molecule has 2 heterocycles. The summed E-state index contributed by atoms with van der Waals surface area (Å²) < 4.78 is 47.1. The van der Waals surface area contributed by atoms with E-state index in [1.807, 2.05) is 0 Å². The van der Waals surface area contributed by atoms with Crippen LogP contribution < -0.4 is 5.73 Å². The molecule has 1 aliphatic rings. The molecule has 0 fully saturated rings. The second-order valence-electron chi connectivity index (χ2n) is 5.79. The Labute approximate surface area is 166 Å². The number of halogens is 2. The standard InChI is InChI=1S/C17H17F2N5O2S2/c1-21-22-9-26-7-11-5-10(3-4-12(11)18)15-6-13(19)16(27-15)14-8-28(25)24(2)17(20)23-14/h3-6,9,14H,1,7-8H2,2H3,(H2,20,23)/b22-9-. The Balaban J connectivity index is 1.88. The Morgan fingerprint density at radius 1 is 1.46 bits per heavy atom. The number of hydrogen-bond donors (Lipinski definition) is 1. The molecular formula is C17H17F2N5O2S2. The van der Waals surface area contributed by atoms with Gasteiger partial charge in [0.2, 0.25) is 5.96 Å². The number of nitrogens with zero attached hydrogens (tertiary/aromatic N) is 4. The average molecular weight is 425 g/mol. The van der Waals surface area contributed by atoms with E-state index in [-0.39, 0.29) is 23.9 Å². The molecule has 0 bridgehead atoms. The monoisotopic (exact) mass is 425 g/mol. The molecule has 0 saturated carbocycles. The molecule has 2 N–H and O–H groups in total. The molecule has 0 saturated heterocycles. The summed E-state index contributed by atoms with van der Waals surface area (Å²) >= 11 is 1.17. The van der Waals surface area contributed by atoms with E-state index in [1.165, 1.54) is 27.8 Å². The molecule has 0 aliphatic carbocycles. The van der Waals surface area contributed by atoms with Gasteiger partial charge in [-0.15, -0.1) is 16.4 Å². The van der Waals surface area contributed by atoms with E-state index in [0.717, 1.165) is 6.40 Å². The van der Waals surface area contributed by atoms with Gasteiger partial charge in [-0.2, -0.15) is 5.10 Å². The fourth-order valence-corrected chi connectivity index (χ4v) is 4.72. The van der Waals surface area contributed by atoms with Crippen LogP contribution in [0.1, 0.15) is 16.5 Å². The minimum Gasteiger partial charge on any atom is -0.477 e. The largest absolute Gasteiger partial charge is 0.477 e. The van der Waals surface area contributed by atoms with Gasteiger partial charge >= 0.3 is 0 Å². The van der Waals surface area contributed by atoms with Crippen LogP contribution in [0.3, 0.4) is 0 Å². The van der Waals surface area contributed by atoms with Gasteiger partial charge in [-0.25, -0.2) is 18.0 Å². The van der Waals surface area contributed by atoms with Gasteiger partial charge in [0, 0.05) is 24.2 Å². The van der Waals surface area contributed by atoms with Crippen molar-refractivity contribution in [3.05, 3.63) is 46.3 Å². The van der Waals surface area contributed by atoms with E-state index in [4.69, 9.17) is 10.5 Å². The van der Waals surface area contributed by atoms with E-state index >= 15 is 0 Å². The number of guanidine groups is 1. The number of ether oxygens (including phenoxy) is 1. The zero-order valence-electron chi connectivity index (χ0n) is 14.8. The topological polar surface area (TPSA) is 92.6 Å². The molecule has 2 atom stereocenters. The van der Waals surface area contributed by atoms with Crippen molar-refractivity contribution in [2.75, 3.05) is 12.8 Å². The third-order valence-electron chi connectivity index (χ3n) is 4.00. The SMILES string of the molecule is C=N/N=C\OCc1cc(-c2cc(F)c(C3CS(=O)N(C)C(N)=N3)s2)ccc1F. The van der Waals surface area contributed by atoms with Crippen LogP contribution >= 0.6 is 11.3 Å². The molecule has 0 amide bonds. The van der Waals surface area contributed by atoms with Crippen LogP contribution in [0.5, 0.6) is 0 Å². The van der Waals surface area contributed by atoms with Crippen molar-refractivity contribution in [2.45, 2.75) is 12.6 Å². The molecule has 2 unspecified atom stereocenters. The second-order valence-corrected chi connectivity index (χ2v) is 8.40. The Morgan fingerprint density at radius 2 is 2.25 bits per heavy atom. The van der Waals surface area contributed by atoms with Crippen LogP contribution in [0.2, 0.25) is 0 Å². The fourth-order valence-electron chi connectivity index (χ4n) is 2.55. The van der Waals surface area contributed by atoms with E-state index in [9.17, 15) is 13.0 Å². The summed E-state index contributed by atoms with van der Waals surface area (Å²) in [6, 6.07) is 5.14. The maximum Gasteiger partial charge on any atom is 0.203 e. The van der Waals surface area contributed by atoms with Gasteiger partial charge in [0.25, 0.3) is 0 Å². The molecule has 2 aromatic rings. The van der Waals surface area contributed by atoms with Crippen LogP contribution in [0.15, 0.2) is 39.5 Å². The van der Waals surface area contributed by atoms with Gasteiger partial charge in [-0.1, -0.05) is 6.07 Å². The van der Waals surface area contributed by atoms with E-state index in [0.29, 0.717) is 15.3 Å². The van der Waals surface area contributed by atoms with Gasteiger partial charge < -0.3 is 10.5 Å². The third kappa shape index (κ3) is 4.25. The minimum absolute atomic E-state index is 0.0613. The lowest BCUT2D eigenvalue weighted by Crippen LogP contribution is -2.41. The Bertz CT molecular complexity index is 976. The van der Waals surface area contributed by atoms with Gasteiger partial charge in [0.15, 0.2) is 6.40 Å². The predicted molar refractivity (Wildman–Crippen MR) is 108 cm³/mol. The first-order chi connectivity index (χ1) is 13.4. The molecule has 1 aliphatic heterocycles. The van der Waals surface area contributed by atoms with Crippen LogP contribution in [-0.2, 0) is 22.3 Å². The van der Waals surface area contributed by atoms with Gasteiger partial charge in [0.1, 0.15) is 35.3 Å². The van der Waals surface area contributed by atoms with Crippen LogP contribution in [-0.4, -0.2) is 40.4 Å². The number of thiophene rings is 1. The number of benzene rings is 1. The van der Waals surface area contributed by atoms with Crippen molar-refractivity contribution in [3.8, 4) is 10.4 Å². The molecule has 1 aromatic heterocycles. The van der Waals surface area contributed by atoms with Crippen LogP contribution in [0.4, 0.5) is 8.78 Å². The van der Waals surface area contributed by atoms with E-state index in [2.05, 4.69) is 21.9 Å². The Kier molecular flexibility index (Phi) is 6.15. The van der Waals surface area contributed by atoms with Crippen molar-refractivity contribution in [2.24, 2.45) is 20.9 Å². The van der Waals surface area contributed by atoms with Crippen molar-refractivity contribution in [1.29, 1.82) is 0 Å². The summed E-state index contributed by atoms with van der Waals surface area (Å²) in [6.07, 6.45) is 1.06. The Morgan fingerprint density at radius 3 is 2.96 bits per heavy atom. The highest BCUT2D eigenvalue weighted by Gasteiger charge is 2.28. The summed E-state index contributed by atoms with van der Waals surface area (Å²) in [5.41, 5.74) is 6.67. The molecule has 28 heavy (non-hydrogen) atoms. The predicted octanol–water partition coefficient (Wildman–Crippen LogP) is 2.82. The maximum absolute atomic E-state index is 14.6. The molecular weight excluding hydrogens is 408 g/mol. The summed E-state index contributed by atoms with van der Waals surface area (Å²) in [7, 11) is 0.194. The van der Waals surface area contributed by atoms with Crippen molar-refractivity contribution >= 4 is 41.4 Å². The van der Waals surface area contributed by atoms with Gasteiger partial charge in [0.05, 0.1) is 10.6 Å². The summed E-state index contributed by atoms with van der Waals surface area (Å²) in [5, 5.41) is 6.67. The number of nitrogens with two attached hydrogens (primary N) is 1. The first-order valence-electron chi connectivity index (χ1n) is 8.03. The second kappa shape index (κ2) is 8.57. The van der Waals surface area contributed by atoms with Crippen molar-refractivity contribution in [3.63, 3.8) is 0 Å². The molecule has 1 aromatic carbocycles. The number of aliphatic imine (C=N–C) groups is 1. The fraction of sp³-hybridized carbons (Fsp3) is 0.235. The smallest absolute Gasteiger partial charge is 0.203 e. The molecule has 0 spiro atoms. The number of hydrogen-bond acceptors (Lipinski definition) is 7. The number of rotatable bonds is 6. The maximum atomic E-state index is 14.6. The highest BCUT2D eigenvalue weighted by atomic mass is 32.2. The quantitative estimate of drug-likeness (QED) is 0.438. The summed E-state index contributed by atoms with van der Waals surface area (Å²) in [6.45, 7) is 3.10. The zero-order chi connectivity index (χ0) is 20.3. The molecule has 3 rings (SSSR count). The average Bonchev–Trinajstić information content (AvgIpc) is 3.06. The molecule has 0 radical (unpaired) electrons. The molecule has 11 heteroatoms. The van der Waals surface area contributed by atoms with Crippen LogP contribution in [0, 0.1) is 11.6 Å².